The lowest BCUT2D eigenvalue weighted by Gasteiger charge is -2.16. The van der Waals surface area contributed by atoms with Crippen molar-refractivity contribution in [2.45, 2.75) is 39.2 Å². The average Bonchev–Trinajstić information content (AvgIpc) is 3.44. The first-order valence-electron chi connectivity index (χ1n) is 9.78. The van der Waals surface area contributed by atoms with Crippen LogP contribution in [0.2, 0.25) is 0 Å². The van der Waals surface area contributed by atoms with E-state index in [1.165, 1.54) is 11.8 Å². The number of nitrogens with zero attached hydrogens (tertiary/aromatic N) is 1. The van der Waals surface area contributed by atoms with Gasteiger partial charge in [0.1, 0.15) is 6.26 Å². The lowest BCUT2D eigenvalue weighted by Crippen LogP contribution is -2.24. The van der Waals surface area contributed by atoms with Crippen LogP contribution in [0.1, 0.15) is 43.7 Å². The van der Waals surface area contributed by atoms with Gasteiger partial charge >= 0.3 is 0 Å². The Morgan fingerprint density at radius 2 is 1.96 bits per heavy atom. The van der Waals surface area contributed by atoms with Gasteiger partial charge in [-0.2, -0.15) is 0 Å². The second kappa shape index (κ2) is 7.89. The Hall–Kier alpha value is -3.08. The molecule has 0 atom stereocenters. The lowest BCUT2D eigenvalue weighted by atomic mass is 9.96. The van der Waals surface area contributed by atoms with E-state index in [4.69, 9.17) is 4.42 Å². The van der Waals surface area contributed by atoms with Gasteiger partial charge in [0, 0.05) is 18.0 Å². The third-order valence-electron chi connectivity index (χ3n) is 5.10. The molecule has 3 aromatic rings. The summed E-state index contributed by atoms with van der Waals surface area (Å²) in [5.74, 6) is 0.812. The molecule has 1 fully saturated rings. The van der Waals surface area contributed by atoms with Gasteiger partial charge in [-0.25, -0.2) is 4.98 Å². The molecule has 0 saturated heterocycles. The molecule has 1 heterocycles. The Bertz CT molecular complexity index is 942. The van der Waals surface area contributed by atoms with Gasteiger partial charge in [0.2, 0.25) is 5.91 Å². The van der Waals surface area contributed by atoms with E-state index in [0.29, 0.717) is 18.5 Å². The van der Waals surface area contributed by atoms with Crippen LogP contribution in [0.5, 0.6) is 0 Å². The van der Waals surface area contributed by atoms with Crippen molar-refractivity contribution >= 4 is 17.6 Å². The van der Waals surface area contributed by atoms with Gasteiger partial charge in [0.05, 0.1) is 11.9 Å². The summed E-state index contributed by atoms with van der Waals surface area (Å²) in [4.78, 5) is 16.3. The summed E-state index contributed by atoms with van der Waals surface area (Å²) in [6.07, 6.45) is 5.14. The minimum atomic E-state index is 0.133. The van der Waals surface area contributed by atoms with Crippen LogP contribution in [0.15, 0.2) is 59.3 Å². The average molecular weight is 375 g/mol. The van der Waals surface area contributed by atoms with Crippen molar-refractivity contribution in [2.75, 3.05) is 5.32 Å². The SMILES string of the molecule is CC(C)c1ccc(-c2cccc(CNC(=O)C3CC3)c2Nc2ncco2)cc1. The third-order valence-corrected chi connectivity index (χ3v) is 5.10. The minimum Gasteiger partial charge on any atom is -0.432 e. The van der Waals surface area contributed by atoms with Crippen LogP contribution >= 0.6 is 0 Å². The van der Waals surface area contributed by atoms with Gasteiger partial charge < -0.3 is 15.1 Å². The monoisotopic (exact) mass is 375 g/mol. The molecule has 2 aromatic carbocycles. The summed E-state index contributed by atoms with van der Waals surface area (Å²) >= 11 is 0. The highest BCUT2D eigenvalue weighted by atomic mass is 16.4. The Morgan fingerprint density at radius 3 is 2.61 bits per heavy atom. The molecule has 4 rings (SSSR count). The molecule has 0 radical (unpaired) electrons. The number of carbonyl (C=O) groups excluding carboxylic acids is 1. The molecule has 0 aliphatic heterocycles. The third kappa shape index (κ3) is 4.09. The van der Waals surface area contributed by atoms with Crippen LogP contribution in [-0.4, -0.2) is 10.9 Å². The number of hydrogen-bond donors (Lipinski definition) is 2. The molecule has 0 unspecified atom stereocenters. The predicted octanol–water partition coefficient (Wildman–Crippen LogP) is 5.23. The van der Waals surface area contributed by atoms with Gasteiger partial charge in [0.15, 0.2) is 0 Å². The maximum absolute atomic E-state index is 12.1. The number of rotatable bonds is 7. The van der Waals surface area contributed by atoms with E-state index in [9.17, 15) is 4.79 Å². The zero-order valence-corrected chi connectivity index (χ0v) is 16.2. The fraction of sp³-hybridized carbons (Fsp3) is 0.304. The number of anilines is 2. The van der Waals surface area contributed by atoms with Gasteiger partial charge in [-0.3, -0.25) is 4.79 Å². The number of para-hydroxylation sites is 1. The van der Waals surface area contributed by atoms with Crippen molar-refractivity contribution in [3.63, 3.8) is 0 Å². The summed E-state index contributed by atoms with van der Waals surface area (Å²) in [6.45, 7) is 4.85. The molecular formula is C23H25N3O2. The summed E-state index contributed by atoms with van der Waals surface area (Å²) < 4.78 is 5.40. The second-order valence-electron chi connectivity index (χ2n) is 7.57. The number of carbonyl (C=O) groups is 1. The van der Waals surface area contributed by atoms with Gasteiger partial charge in [-0.05, 0) is 35.4 Å². The molecule has 144 valence electrons. The molecule has 1 aliphatic carbocycles. The molecule has 0 bridgehead atoms. The summed E-state index contributed by atoms with van der Waals surface area (Å²) in [6, 6.07) is 15.1. The first-order valence-corrected chi connectivity index (χ1v) is 9.78. The molecule has 0 spiro atoms. The molecule has 1 saturated carbocycles. The van der Waals surface area contributed by atoms with Crippen LogP contribution in [-0.2, 0) is 11.3 Å². The molecular weight excluding hydrogens is 350 g/mol. The number of aromatic nitrogens is 1. The van der Waals surface area contributed by atoms with E-state index in [-0.39, 0.29) is 11.8 Å². The normalized spacial score (nSPS) is 13.5. The summed E-state index contributed by atoms with van der Waals surface area (Å²) in [5.41, 5.74) is 5.36. The predicted molar refractivity (Wildman–Crippen MR) is 110 cm³/mol. The van der Waals surface area contributed by atoms with Crippen LogP contribution in [0.4, 0.5) is 11.7 Å². The highest BCUT2D eigenvalue weighted by molar-refractivity contribution is 5.84. The smallest absolute Gasteiger partial charge is 0.299 e. The van der Waals surface area contributed by atoms with Crippen LogP contribution in [0.3, 0.4) is 0 Å². The van der Waals surface area contributed by atoms with E-state index in [1.807, 2.05) is 12.1 Å². The Morgan fingerprint density at radius 1 is 1.18 bits per heavy atom. The number of hydrogen-bond acceptors (Lipinski definition) is 4. The zero-order chi connectivity index (χ0) is 19.5. The Kier molecular flexibility index (Phi) is 5.15. The van der Waals surface area contributed by atoms with Crippen molar-refractivity contribution in [1.82, 2.24) is 10.3 Å². The van der Waals surface area contributed by atoms with Crippen LogP contribution in [0, 0.1) is 5.92 Å². The maximum Gasteiger partial charge on any atom is 0.299 e. The van der Waals surface area contributed by atoms with Gasteiger partial charge in [0.25, 0.3) is 6.01 Å². The number of nitrogens with one attached hydrogen (secondary N) is 2. The van der Waals surface area contributed by atoms with E-state index >= 15 is 0 Å². The van der Waals surface area contributed by atoms with Crippen LogP contribution < -0.4 is 10.6 Å². The standard InChI is InChI=1S/C23H25N3O2/c1-15(2)16-6-8-17(9-7-16)20-5-3-4-19(14-25-22(27)18-10-11-18)21(20)26-23-24-12-13-28-23/h3-9,12-13,15,18H,10-11,14H2,1-2H3,(H,24,26)(H,25,27). The largest absolute Gasteiger partial charge is 0.432 e. The first kappa shape index (κ1) is 18.3. The van der Waals surface area contributed by atoms with Crippen molar-refractivity contribution in [2.24, 2.45) is 5.92 Å². The number of benzene rings is 2. The van der Waals surface area contributed by atoms with Crippen molar-refractivity contribution in [3.05, 3.63) is 66.1 Å². The molecule has 2 N–H and O–H groups in total. The Balaban J connectivity index is 1.67. The molecule has 1 aliphatic rings. The van der Waals surface area contributed by atoms with E-state index in [0.717, 1.165) is 35.2 Å². The molecule has 1 amide bonds. The summed E-state index contributed by atoms with van der Waals surface area (Å²) in [7, 11) is 0. The topological polar surface area (TPSA) is 67.2 Å². The van der Waals surface area contributed by atoms with Crippen molar-refractivity contribution in [1.29, 1.82) is 0 Å². The minimum absolute atomic E-state index is 0.133. The number of amides is 1. The van der Waals surface area contributed by atoms with Crippen molar-refractivity contribution < 1.29 is 9.21 Å². The molecule has 5 nitrogen and oxygen atoms in total. The van der Waals surface area contributed by atoms with E-state index in [2.05, 4.69) is 59.8 Å². The molecule has 5 heteroatoms. The highest BCUT2D eigenvalue weighted by Gasteiger charge is 2.29. The second-order valence-corrected chi connectivity index (χ2v) is 7.57. The fourth-order valence-corrected chi connectivity index (χ4v) is 3.25. The van der Waals surface area contributed by atoms with E-state index in [1.54, 1.807) is 6.20 Å². The molecule has 28 heavy (non-hydrogen) atoms. The highest BCUT2D eigenvalue weighted by Crippen LogP contribution is 2.34. The lowest BCUT2D eigenvalue weighted by molar-refractivity contribution is -0.122. The maximum atomic E-state index is 12.1. The fourth-order valence-electron chi connectivity index (χ4n) is 3.25. The van der Waals surface area contributed by atoms with Gasteiger partial charge in [-0.1, -0.05) is 56.3 Å². The first-order chi connectivity index (χ1) is 13.6. The van der Waals surface area contributed by atoms with E-state index < -0.39 is 0 Å². The van der Waals surface area contributed by atoms with Crippen LogP contribution in [0.25, 0.3) is 11.1 Å². The number of oxazole rings is 1. The van der Waals surface area contributed by atoms with Crippen molar-refractivity contribution in [3.8, 4) is 11.1 Å². The summed E-state index contributed by atoms with van der Waals surface area (Å²) in [5, 5.41) is 6.35. The Labute approximate surface area is 165 Å². The zero-order valence-electron chi connectivity index (χ0n) is 16.2. The quantitative estimate of drug-likeness (QED) is 0.593. The molecule has 1 aromatic heterocycles. The van der Waals surface area contributed by atoms with Gasteiger partial charge in [-0.15, -0.1) is 0 Å².